The molecule has 3 N–H and O–H groups in total. The number of hydrogen-bond donors (Lipinski definition) is 2. The Morgan fingerprint density at radius 1 is 1.14 bits per heavy atom. The Morgan fingerprint density at radius 2 is 2.00 bits per heavy atom. The van der Waals surface area contributed by atoms with Crippen LogP contribution in [0.25, 0.3) is 11.3 Å². The molecule has 0 spiro atoms. The predicted octanol–water partition coefficient (Wildman–Crippen LogP) is 1.68. The highest BCUT2D eigenvalue weighted by atomic mass is 16.5. The van der Waals surface area contributed by atoms with Crippen molar-refractivity contribution in [3.63, 3.8) is 0 Å². The SMILES string of the molecule is NCCNc1nccc(-c2ccc3c(c2)OCCCO3)n1. The van der Waals surface area contributed by atoms with Gasteiger partial charge < -0.3 is 20.5 Å². The molecule has 1 aliphatic heterocycles. The monoisotopic (exact) mass is 286 g/mol. The first-order chi connectivity index (χ1) is 10.4. The molecule has 2 heterocycles. The molecule has 6 nitrogen and oxygen atoms in total. The highest BCUT2D eigenvalue weighted by Gasteiger charge is 2.12. The highest BCUT2D eigenvalue weighted by molar-refractivity contribution is 5.64. The zero-order valence-corrected chi connectivity index (χ0v) is 11.7. The van der Waals surface area contributed by atoms with Gasteiger partial charge in [0, 0.05) is 31.3 Å². The van der Waals surface area contributed by atoms with Crippen LogP contribution in [0.3, 0.4) is 0 Å². The van der Waals surface area contributed by atoms with E-state index in [1.54, 1.807) is 6.20 Å². The molecule has 1 aromatic carbocycles. The minimum Gasteiger partial charge on any atom is -0.490 e. The van der Waals surface area contributed by atoms with Crippen molar-refractivity contribution in [2.45, 2.75) is 6.42 Å². The van der Waals surface area contributed by atoms with Gasteiger partial charge in [-0.15, -0.1) is 0 Å². The van der Waals surface area contributed by atoms with E-state index in [-0.39, 0.29) is 0 Å². The van der Waals surface area contributed by atoms with Gasteiger partial charge in [-0.2, -0.15) is 0 Å². The Hall–Kier alpha value is -2.34. The van der Waals surface area contributed by atoms with Crippen molar-refractivity contribution in [1.29, 1.82) is 0 Å². The first-order valence-electron chi connectivity index (χ1n) is 7.04. The molecule has 6 heteroatoms. The lowest BCUT2D eigenvalue weighted by Gasteiger charge is -2.10. The maximum atomic E-state index is 5.71. The van der Waals surface area contributed by atoms with Gasteiger partial charge in [0.25, 0.3) is 0 Å². The lowest BCUT2D eigenvalue weighted by molar-refractivity contribution is 0.297. The van der Waals surface area contributed by atoms with Gasteiger partial charge in [0.15, 0.2) is 11.5 Å². The Labute approximate surface area is 123 Å². The Kier molecular flexibility index (Phi) is 4.16. The van der Waals surface area contributed by atoms with Crippen molar-refractivity contribution >= 4 is 5.95 Å². The molecule has 0 bridgehead atoms. The summed E-state index contributed by atoms with van der Waals surface area (Å²) >= 11 is 0. The maximum absolute atomic E-state index is 5.71. The first-order valence-corrected chi connectivity index (χ1v) is 7.04. The largest absolute Gasteiger partial charge is 0.490 e. The number of nitrogens with zero attached hydrogens (tertiary/aromatic N) is 2. The summed E-state index contributed by atoms with van der Waals surface area (Å²) in [6.45, 7) is 2.54. The molecule has 0 saturated carbocycles. The van der Waals surface area contributed by atoms with Crippen molar-refractivity contribution < 1.29 is 9.47 Å². The van der Waals surface area contributed by atoms with Gasteiger partial charge in [0.2, 0.25) is 5.95 Å². The summed E-state index contributed by atoms with van der Waals surface area (Å²) in [5.41, 5.74) is 7.27. The first kappa shape index (κ1) is 13.6. The molecule has 3 rings (SSSR count). The van der Waals surface area contributed by atoms with Gasteiger partial charge in [0.05, 0.1) is 18.9 Å². The molecule has 0 fully saturated rings. The Balaban J connectivity index is 1.88. The van der Waals surface area contributed by atoms with Crippen molar-refractivity contribution in [3.8, 4) is 22.8 Å². The zero-order valence-electron chi connectivity index (χ0n) is 11.7. The van der Waals surface area contributed by atoms with E-state index in [0.717, 1.165) is 29.2 Å². The summed E-state index contributed by atoms with van der Waals surface area (Å²) in [6, 6.07) is 7.72. The average Bonchev–Trinajstić information content (AvgIpc) is 2.77. The quantitative estimate of drug-likeness (QED) is 0.889. The number of fused-ring (bicyclic) bond motifs is 1. The molecule has 1 aliphatic rings. The van der Waals surface area contributed by atoms with E-state index in [4.69, 9.17) is 15.2 Å². The molecule has 2 aromatic rings. The van der Waals surface area contributed by atoms with Crippen LogP contribution >= 0.6 is 0 Å². The lowest BCUT2D eigenvalue weighted by atomic mass is 10.1. The van der Waals surface area contributed by atoms with Crippen LogP contribution in [0.15, 0.2) is 30.5 Å². The van der Waals surface area contributed by atoms with Crippen molar-refractivity contribution in [1.82, 2.24) is 9.97 Å². The van der Waals surface area contributed by atoms with E-state index in [1.165, 1.54) is 0 Å². The second-order valence-corrected chi connectivity index (χ2v) is 4.69. The molecule has 1 aromatic heterocycles. The van der Waals surface area contributed by atoms with Gasteiger partial charge in [-0.05, 0) is 24.3 Å². The number of hydrogen-bond acceptors (Lipinski definition) is 6. The number of rotatable bonds is 4. The van der Waals surface area contributed by atoms with E-state index in [0.29, 0.717) is 32.3 Å². The van der Waals surface area contributed by atoms with Crippen molar-refractivity contribution in [2.75, 3.05) is 31.6 Å². The topological polar surface area (TPSA) is 82.3 Å². The van der Waals surface area contributed by atoms with Crippen LogP contribution in [0.5, 0.6) is 11.5 Å². The molecular formula is C15H18N4O2. The number of ether oxygens (including phenoxy) is 2. The molecule has 21 heavy (non-hydrogen) atoms. The van der Waals surface area contributed by atoms with E-state index >= 15 is 0 Å². The standard InChI is InChI=1S/C15H18N4O2/c16-5-7-18-15-17-6-4-12(19-15)11-2-3-13-14(10-11)21-9-1-8-20-13/h2-4,6,10H,1,5,7-9,16H2,(H,17,18,19). The second-order valence-electron chi connectivity index (χ2n) is 4.69. The molecule has 0 amide bonds. The van der Waals surface area contributed by atoms with E-state index < -0.39 is 0 Å². The van der Waals surface area contributed by atoms with Gasteiger partial charge in [-0.1, -0.05) is 0 Å². The normalized spacial score (nSPS) is 13.6. The van der Waals surface area contributed by atoms with Crippen LogP contribution < -0.4 is 20.5 Å². The summed E-state index contributed by atoms with van der Waals surface area (Å²) in [7, 11) is 0. The molecule has 110 valence electrons. The molecule has 0 unspecified atom stereocenters. The molecule has 0 radical (unpaired) electrons. The minimum absolute atomic E-state index is 0.539. The molecular weight excluding hydrogens is 268 g/mol. The fourth-order valence-electron chi connectivity index (χ4n) is 2.11. The number of nitrogens with one attached hydrogen (secondary N) is 1. The number of anilines is 1. The van der Waals surface area contributed by atoms with Crippen LogP contribution in [-0.4, -0.2) is 36.3 Å². The van der Waals surface area contributed by atoms with Crippen LogP contribution in [0.4, 0.5) is 5.95 Å². The molecule has 0 aliphatic carbocycles. The summed E-state index contributed by atoms with van der Waals surface area (Å²) in [5, 5.41) is 3.07. The van der Waals surface area contributed by atoms with Gasteiger partial charge >= 0.3 is 0 Å². The third-order valence-electron chi connectivity index (χ3n) is 3.13. The fraction of sp³-hybridized carbons (Fsp3) is 0.333. The summed E-state index contributed by atoms with van der Waals surface area (Å²) < 4.78 is 11.3. The lowest BCUT2D eigenvalue weighted by Crippen LogP contribution is -2.14. The molecule has 0 atom stereocenters. The van der Waals surface area contributed by atoms with Crippen LogP contribution in [0.2, 0.25) is 0 Å². The maximum Gasteiger partial charge on any atom is 0.223 e. The summed E-state index contributed by atoms with van der Waals surface area (Å²) in [4.78, 5) is 8.65. The highest BCUT2D eigenvalue weighted by Crippen LogP contribution is 2.33. The fourth-order valence-corrected chi connectivity index (χ4v) is 2.11. The zero-order chi connectivity index (χ0) is 14.5. The van der Waals surface area contributed by atoms with Crippen LogP contribution in [-0.2, 0) is 0 Å². The van der Waals surface area contributed by atoms with Gasteiger partial charge in [-0.3, -0.25) is 0 Å². The van der Waals surface area contributed by atoms with Crippen LogP contribution in [0.1, 0.15) is 6.42 Å². The van der Waals surface area contributed by atoms with Gasteiger partial charge in [-0.25, -0.2) is 9.97 Å². The van der Waals surface area contributed by atoms with Crippen LogP contribution in [0, 0.1) is 0 Å². The Morgan fingerprint density at radius 3 is 2.86 bits per heavy atom. The predicted molar refractivity (Wildman–Crippen MR) is 80.6 cm³/mol. The second kappa shape index (κ2) is 6.41. The average molecular weight is 286 g/mol. The third kappa shape index (κ3) is 3.22. The van der Waals surface area contributed by atoms with E-state index in [1.807, 2.05) is 24.3 Å². The minimum atomic E-state index is 0.539. The van der Waals surface area contributed by atoms with Gasteiger partial charge in [0.1, 0.15) is 0 Å². The number of benzene rings is 1. The molecule has 0 saturated heterocycles. The number of aromatic nitrogens is 2. The third-order valence-corrected chi connectivity index (χ3v) is 3.13. The van der Waals surface area contributed by atoms with E-state index in [2.05, 4.69) is 15.3 Å². The smallest absolute Gasteiger partial charge is 0.223 e. The summed E-state index contributed by atoms with van der Waals surface area (Å²) in [6.07, 6.45) is 2.62. The number of nitrogens with two attached hydrogens (primary N) is 1. The summed E-state index contributed by atoms with van der Waals surface area (Å²) in [5.74, 6) is 2.12. The van der Waals surface area contributed by atoms with E-state index in [9.17, 15) is 0 Å². The Bertz CT molecular complexity index is 618. The van der Waals surface area contributed by atoms with Crippen molar-refractivity contribution in [2.24, 2.45) is 5.73 Å². The van der Waals surface area contributed by atoms with Crippen molar-refractivity contribution in [3.05, 3.63) is 30.5 Å².